The van der Waals surface area contributed by atoms with Crippen molar-refractivity contribution in [3.05, 3.63) is 11.7 Å². The first-order chi connectivity index (χ1) is 7.72. The molecule has 16 heavy (non-hydrogen) atoms. The minimum atomic E-state index is -2.44. The zero-order valence-electron chi connectivity index (χ0n) is 8.66. The zero-order valence-corrected chi connectivity index (χ0v) is 9.42. The van der Waals surface area contributed by atoms with Crippen LogP contribution in [0.1, 0.15) is 18.1 Å². The highest BCUT2D eigenvalue weighted by Crippen LogP contribution is 2.03. The lowest BCUT2D eigenvalue weighted by Gasteiger charge is -1.99. The lowest BCUT2D eigenvalue weighted by Crippen LogP contribution is -2.07. The molecule has 0 aliphatic heterocycles. The fourth-order valence-corrected chi connectivity index (χ4v) is 1.18. The molecule has 0 atom stereocenters. The third-order valence-electron chi connectivity index (χ3n) is 1.75. The van der Waals surface area contributed by atoms with Gasteiger partial charge in [-0.2, -0.15) is 4.98 Å². The van der Waals surface area contributed by atoms with Gasteiger partial charge in [-0.15, -0.1) is 11.6 Å². The number of aromatic nitrogens is 2. The second-order valence-corrected chi connectivity index (χ2v) is 3.49. The number of halogens is 3. The summed E-state index contributed by atoms with van der Waals surface area (Å²) < 4.78 is 33.1. The molecule has 0 aromatic carbocycles. The second kappa shape index (κ2) is 7.51. The van der Waals surface area contributed by atoms with E-state index >= 15 is 0 Å². The van der Waals surface area contributed by atoms with Crippen molar-refractivity contribution in [3.8, 4) is 0 Å². The Morgan fingerprint density at radius 1 is 1.38 bits per heavy atom. The van der Waals surface area contributed by atoms with E-state index in [0.29, 0.717) is 30.4 Å². The summed E-state index contributed by atoms with van der Waals surface area (Å²) in [6.45, 7) is -0.393. The third kappa shape index (κ3) is 5.37. The third-order valence-corrected chi connectivity index (χ3v) is 2.02. The van der Waals surface area contributed by atoms with Gasteiger partial charge < -0.3 is 9.26 Å². The fourth-order valence-electron chi connectivity index (χ4n) is 1.05. The molecule has 0 saturated heterocycles. The van der Waals surface area contributed by atoms with Crippen molar-refractivity contribution >= 4 is 11.6 Å². The van der Waals surface area contributed by atoms with Crippen LogP contribution < -0.4 is 0 Å². The number of nitrogens with zero attached hydrogens (tertiary/aromatic N) is 2. The van der Waals surface area contributed by atoms with Gasteiger partial charge in [0.15, 0.2) is 5.82 Å². The van der Waals surface area contributed by atoms with Crippen molar-refractivity contribution in [2.24, 2.45) is 0 Å². The maximum absolute atomic E-state index is 11.7. The molecule has 7 heteroatoms. The van der Waals surface area contributed by atoms with Crippen molar-refractivity contribution in [3.63, 3.8) is 0 Å². The molecule has 0 fully saturated rings. The smallest absolute Gasteiger partial charge is 0.261 e. The minimum Gasteiger partial charge on any atom is -0.375 e. The van der Waals surface area contributed by atoms with E-state index in [4.69, 9.17) is 20.9 Å². The Morgan fingerprint density at radius 3 is 2.88 bits per heavy atom. The van der Waals surface area contributed by atoms with E-state index in [0.717, 1.165) is 6.42 Å². The van der Waals surface area contributed by atoms with Crippen LogP contribution in [0.5, 0.6) is 0 Å². The predicted molar refractivity (Wildman–Crippen MR) is 53.9 cm³/mol. The Balaban J connectivity index is 2.19. The Hall–Kier alpha value is -0.750. The lowest BCUT2D eigenvalue weighted by atomic mass is 10.3. The molecular formula is C9H13ClF2N2O2. The first-order valence-corrected chi connectivity index (χ1v) is 5.49. The SMILES string of the molecule is FC(F)COCCc1noc(CCCCl)n1. The van der Waals surface area contributed by atoms with Gasteiger partial charge in [0.05, 0.1) is 6.61 Å². The molecule has 0 N–H and O–H groups in total. The van der Waals surface area contributed by atoms with Crippen LogP contribution >= 0.6 is 11.6 Å². The number of alkyl halides is 3. The van der Waals surface area contributed by atoms with E-state index in [9.17, 15) is 8.78 Å². The Labute approximate surface area is 96.9 Å². The summed E-state index contributed by atoms with van der Waals surface area (Å²) in [5, 5.41) is 3.69. The summed E-state index contributed by atoms with van der Waals surface area (Å²) in [6, 6.07) is 0. The number of ether oxygens (including phenoxy) is 1. The first-order valence-electron chi connectivity index (χ1n) is 4.95. The summed E-state index contributed by atoms with van der Waals surface area (Å²) in [6.07, 6.45) is -0.666. The molecule has 0 bridgehead atoms. The molecule has 0 spiro atoms. The molecule has 0 amide bonds. The monoisotopic (exact) mass is 254 g/mol. The quantitative estimate of drug-likeness (QED) is 0.526. The molecule has 1 rings (SSSR count). The molecule has 0 saturated carbocycles. The second-order valence-electron chi connectivity index (χ2n) is 3.11. The van der Waals surface area contributed by atoms with Crippen LogP contribution in [0.15, 0.2) is 4.52 Å². The molecular weight excluding hydrogens is 242 g/mol. The minimum absolute atomic E-state index is 0.165. The van der Waals surface area contributed by atoms with Gasteiger partial charge in [-0.3, -0.25) is 0 Å². The van der Waals surface area contributed by atoms with E-state index in [2.05, 4.69) is 10.1 Å². The van der Waals surface area contributed by atoms with E-state index < -0.39 is 13.0 Å². The number of hydrogen-bond acceptors (Lipinski definition) is 4. The highest BCUT2D eigenvalue weighted by molar-refractivity contribution is 6.17. The van der Waals surface area contributed by atoms with Gasteiger partial charge in [0, 0.05) is 18.7 Å². The van der Waals surface area contributed by atoms with Crippen molar-refractivity contribution < 1.29 is 18.0 Å². The summed E-state index contributed by atoms with van der Waals surface area (Å²) in [5.41, 5.74) is 0. The zero-order chi connectivity index (χ0) is 11.8. The standard InChI is InChI=1S/C9H13ClF2N2O2/c10-4-1-2-9-13-8(14-16-9)3-5-15-6-7(11)12/h7H,1-6H2. The average Bonchev–Trinajstić information content (AvgIpc) is 2.69. The van der Waals surface area contributed by atoms with E-state index in [1.165, 1.54) is 0 Å². The van der Waals surface area contributed by atoms with E-state index in [1.54, 1.807) is 0 Å². The predicted octanol–water partition coefficient (Wildman–Crippen LogP) is 2.07. The Morgan fingerprint density at radius 2 is 2.19 bits per heavy atom. The summed E-state index contributed by atoms with van der Waals surface area (Å²) in [5.74, 6) is 1.53. The van der Waals surface area contributed by atoms with Crippen molar-refractivity contribution in [1.29, 1.82) is 0 Å². The van der Waals surface area contributed by atoms with Crippen molar-refractivity contribution in [1.82, 2.24) is 10.1 Å². The van der Waals surface area contributed by atoms with Crippen LogP contribution in [0, 0.1) is 0 Å². The van der Waals surface area contributed by atoms with Crippen LogP contribution in [0.25, 0.3) is 0 Å². The number of rotatable bonds is 8. The summed E-state index contributed by atoms with van der Waals surface area (Å²) in [7, 11) is 0. The van der Waals surface area contributed by atoms with Crippen LogP contribution in [0.3, 0.4) is 0 Å². The Bertz CT molecular complexity index is 297. The molecule has 4 nitrogen and oxygen atoms in total. The average molecular weight is 255 g/mol. The molecule has 0 unspecified atom stereocenters. The van der Waals surface area contributed by atoms with Gasteiger partial charge in [-0.25, -0.2) is 8.78 Å². The van der Waals surface area contributed by atoms with Gasteiger partial charge in [0.25, 0.3) is 6.43 Å². The molecule has 92 valence electrons. The highest BCUT2D eigenvalue weighted by atomic mass is 35.5. The van der Waals surface area contributed by atoms with Crippen LogP contribution in [0.4, 0.5) is 8.78 Å². The maximum atomic E-state index is 11.7. The van der Waals surface area contributed by atoms with E-state index in [-0.39, 0.29) is 6.61 Å². The highest BCUT2D eigenvalue weighted by Gasteiger charge is 2.07. The lowest BCUT2D eigenvalue weighted by molar-refractivity contribution is 0.0182. The molecule has 0 aliphatic carbocycles. The maximum Gasteiger partial charge on any atom is 0.261 e. The van der Waals surface area contributed by atoms with E-state index in [1.807, 2.05) is 0 Å². The largest absolute Gasteiger partial charge is 0.375 e. The van der Waals surface area contributed by atoms with Gasteiger partial charge in [-0.05, 0) is 6.42 Å². The van der Waals surface area contributed by atoms with Gasteiger partial charge in [0.1, 0.15) is 6.61 Å². The number of aryl methyl sites for hydroxylation is 1. The summed E-state index contributed by atoms with van der Waals surface area (Å²) >= 11 is 5.51. The van der Waals surface area contributed by atoms with Gasteiger partial charge in [0.2, 0.25) is 5.89 Å². The van der Waals surface area contributed by atoms with Crippen molar-refractivity contribution in [2.45, 2.75) is 25.7 Å². The van der Waals surface area contributed by atoms with Gasteiger partial charge in [-0.1, -0.05) is 5.16 Å². The number of hydrogen-bond donors (Lipinski definition) is 0. The molecule has 1 aromatic rings. The van der Waals surface area contributed by atoms with Crippen LogP contribution in [-0.4, -0.2) is 35.7 Å². The van der Waals surface area contributed by atoms with Gasteiger partial charge >= 0.3 is 0 Å². The topological polar surface area (TPSA) is 48.2 Å². The normalized spacial score (nSPS) is 11.2. The van der Waals surface area contributed by atoms with Crippen molar-refractivity contribution in [2.75, 3.05) is 19.1 Å². The molecule has 1 heterocycles. The van der Waals surface area contributed by atoms with Crippen LogP contribution in [-0.2, 0) is 17.6 Å². The first kappa shape index (κ1) is 13.3. The molecule has 0 aliphatic rings. The van der Waals surface area contributed by atoms with Crippen LogP contribution in [0.2, 0.25) is 0 Å². The Kier molecular flexibility index (Phi) is 6.25. The summed E-state index contributed by atoms with van der Waals surface area (Å²) in [4.78, 5) is 4.06. The molecule has 0 radical (unpaired) electrons. The molecule has 1 aromatic heterocycles. The fraction of sp³-hybridized carbons (Fsp3) is 0.778.